The van der Waals surface area contributed by atoms with Gasteiger partial charge in [0.2, 0.25) is 0 Å². The van der Waals surface area contributed by atoms with Crippen molar-refractivity contribution < 1.29 is 14.3 Å². The number of allylic oxidation sites excluding steroid dienone is 5. The van der Waals surface area contributed by atoms with Crippen LogP contribution in [0.15, 0.2) is 35.5 Å². The number of hydrogen-bond acceptors (Lipinski definition) is 3. The standard InChI is InChI=1S/C22H32O3/c1-14(2)7-6-8-15(3)18-11-9-16(4)19-12-10-17(13-23)20(18)21(19)22(24)25-5/h7,10,13,15,18-21H,4,6,8-9,11-12H2,1-3,5H3/t15-,18-,19+,20-,21-/m1/s1. The summed E-state index contributed by atoms with van der Waals surface area (Å²) in [6.07, 6.45) is 10.0. The quantitative estimate of drug-likeness (QED) is 0.391. The molecule has 138 valence electrons. The average Bonchev–Trinajstić information content (AvgIpc) is 2.68. The molecule has 0 spiro atoms. The molecular formula is C22H32O3. The van der Waals surface area contributed by atoms with Crippen LogP contribution in [0.4, 0.5) is 0 Å². The van der Waals surface area contributed by atoms with Crippen molar-refractivity contribution in [3.8, 4) is 0 Å². The third kappa shape index (κ3) is 4.31. The summed E-state index contributed by atoms with van der Waals surface area (Å²) in [5, 5.41) is 0. The van der Waals surface area contributed by atoms with Crippen LogP contribution in [0.3, 0.4) is 0 Å². The zero-order valence-electron chi connectivity index (χ0n) is 16.1. The van der Waals surface area contributed by atoms with Gasteiger partial charge >= 0.3 is 5.97 Å². The number of aldehydes is 1. The summed E-state index contributed by atoms with van der Waals surface area (Å²) in [6, 6.07) is 0. The van der Waals surface area contributed by atoms with Crippen LogP contribution in [-0.4, -0.2) is 19.4 Å². The Morgan fingerprint density at radius 3 is 2.76 bits per heavy atom. The Balaban J connectivity index is 2.34. The van der Waals surface area contributed by atoms with Crippen LogP contribution in [0.25, 0.3) is 0 Å². The minimum atomic E-state index is -0.263. The van der Waals surface area contributed by atoms with Crippen molar-refractivity contribution >= 4 is 12.3 Å². The third-order valence-electron chi connectivity index (χ3n) is 6.11. The molecule has 0 aliphatic heterocycles. The van der Waals surface area contributed by atoms with Crippen LogP contribution in [0, 0.1) is 29.6 Å². The first-order valence-corrected chi connectivity index (χ1v) is 9.44. The number of carbonyl (C=O) groups is 2. The van der Waals surface area contributed by atoms with E-state index >= 15 is 0 Å². The molecule has 0 aromatic rings. The molecule has 0 aromatic heterocycles. The van der Waals surface area contributed by atoms with Crippen LogP contribution >= 0.6 is 0 Å². The van der Waals surface area contributed by atoms with Gasteiger partial charge in [0.25, 0.3) is 0 Å². The van der Waals surface area contributed by atoms with Gasteiger partial charge in [-0.1, -0.05) is 36.8 Å². The van der Waals surface area contributed by atoms with E-state index in [4.69, 9.17) is 4.74 Å². The molecule has 25 heavy (non-hydrogen) atoms. The summed E-state index contributed by atoms with van der Waals surface area (Å²) in [4.78, 5) is 24.3. The SMILES string of the molecule is C=C1CC[C@H]([C@H](C)CCC=C(C)C)[C@H]2C(C=O)=CC[C@@H]1[C@H]2C(=O)OC. The zero-order valence-corrected chi connectivity index (χ0v) is 16.1. The molecule has 0 N–H and O–H groups in total. The van der Waals surface area contributed by atoms with Crippen molar-refractivity contribution in [2.75, 3.05) is 7.11 Å². The van der Waals surface area contributed by atoms with Gasteiger partial charge in [0.05, 0.1) is 13.0 Å². The van der Waals surface area contributed by atoms with E-state index in [0.717, 1.165) is 49.5 Å². The molecule has 2 bridgehead atoms. The maximum absolute atomic E-state index is 12.6. The maximum Gasteiger partial charge on any atom is 0.309 e. The largest absolute Gasteiger partial charge is 0.469 e. The van der Waals surface area contributed by atoms with Crippen molar-refractivity contribution in [3.63, 3.8) is 0 Å². The second-order valence-corrected chi connectivity index (χ2v) is 7.94. The van der Waals surface area contributed by atoms with Crippen LogP contribution in [-0.2, 0) is 14.3 Å². The van der Waals surface area contributed by atoms with Crippen molar-refractivity contribution in [2.24, 2.45) is 29.6 Å². The second-order valence-electron chi connectivity index (χ2n) is 7.94. The lowest BCUT2D eigenvalue weighted by Gasteiger charge is -2.39. The van der Waals surface area contributed by atoms with Gasteiger partial charge in [0.1, 0.15) is 6.29 Å². The van der Waals surface area contributed by atoms with E-state index in [9.17, 15) is 9.59 Å². The summed E-state index contributed by atoms with van der Waals surface area (Å²) in [7, 11) is 1.45. The lowest BCUT2D eigenvalue weighted by Crippen LogP contribution is -2.40. The van der Waals surface area contributed by atoms with Crippen molar-refractivity contribution in [1.29, 1.82) is 0 Å². The number of methoxy groups -OCH3 is 1. The van der Waals surface area contributed by atoms with Crippen LogP contribution in [0.5, 0.6) is 0 Å². The fourth-order valence-electron chi connectivity index (χ4n) is 4.72. The van der Waals surface area contributed by atoms with E-state index < -0.39 is 0 Å². The molecule has 0 saturated heterocycles. The maximum atomic E-state index is 12.6. The zero-order chi connectivity index (χ0) is 18.6. The first-order chi connectivity index (χ1) is 11.9. The molecule has 2 rings (SSSR count). The normalized spacial score (nSPS) is 29.9. The van der Waals surface area contributed by atoms with E-state index in [2.05, 4.69) is 33.4 Å². The molecule has 5 atom stereocenters. The lowest BCUT2D eigenvalue weighted by atomic mass is 9.64. The highest BCUT2D eigenvalue weighted by Crippen LogP contribution is 2.50. The van der Waals surface area contributed by atoms with Gasteiger partial charge in [-0.15, -0.1) is 0 Å². The Labute approximate surface area is 152 Å². The number of fused-ring (bicyclic) bond motifs is 2. The van der Waals surface area contributed by atoms with Crippen LogP contribution in [0.2, 0.25) is 0 Å². The smallest absolute Gasteiger partial charge is 0.309 e. The molecule has 0 amide bonds. The minimum absolute atomic E-state index is 0.0374. The van der Waals surface area contributed by atoms with Gasteiger partial charge in [0.15, 0.2) is 0 Å². The van der Waals surface area contributed by atoms with Gasteiger partial charge < -0.3 is 4.74 Å². The van der Waals surface area contributed by atoms with E-state index in [0.29, 0.717) is 11.8 Å². The summed E-state index contributed by atoms with van der Waals surface area (Å²) in [5.74, 6) is 0.378. The predicted octanol–water partition coefficient (Wildman–Crippen LogP) is 4.89. The van der Waals surface area contributed by atoms with Crippen LogP contribution in [0.1, 0.15) is 52.9 Å². The number of rotatable bonds is 6. The number of ether oxygens (including phenoxy) is 1. The van der Waals surface area contributed by atoms with E-state index in [1.54, 1.807) is 0 Å². The Kier molecular flexibility index (Phi) is 6.80. The number of esters is 1. The van der Waals surface area contributed by atoms with Crippen molar-refractivity contribution in [3.05, 3.63) is 35.5 Å². The fourth-order valence-corrected chi connectivity index (χ4v) is 4.72. The Morgan fingerprint density at radius 2 is 2.16 bits per heavy atom. The Bertz CT molecular complexity index is 580. The molecule has 2 aliphatic rings. The average molecular weight is 344 g/mol. The molecule has 0 heterocycles. The molecule has 3 nitrogen and oxygen atoms in total. The summed E-state index contributed by atoms with van der Waals surface area (Å²) >= 11 is 0. The van der Waals surface area contributed by atoms with Gasteiger partial charge in [-0.3, -0.25) is 9.59 Å². The highest BCUT2D eigenvalue weighted by Gasteiger charge is 2.47. The monoisotopic (exact) mass is 344 g/mol. The Hall–Kier alpha value is -1.64. The fraction of sp³-hybridized carbons (Fsp3) is 0.636. The van der Waals surface area contributed by atoms with E-state index in [1.165, 1.54) is 12.7 Å². The highest BCUT2D eigenvalue weighted by molar-refractivity contribution is 5.81. The van der Waals surface area contributed by atoms with Gasteiger partial charge in [0, 0.05) is 5.92 Å². The number of carbonyl (C=O) groups excluding carboxylic acids is 2. The predicted molar refractivity (Wildman–Crippen MR) is 101 cm³/mol. The first kappa shape index (κ1) is 19.7. The molecule has 0 aromatic carbocycles. The molecule has 2 aliphatic carbocycles. The summed E-state index contributed by atoms with van der Waals surface area (Å²) < 4.78 is 5.13. The van der Waals surface area contributed by atoms with Gasteiger partial charge in [-0.25, -0.2) is 0 Å². The first-order valence-electron chi connectivity index (χ1n) is 9.44. The molecule has 3 heteroatoms. The molecular weight excluding hydrogens is 312 g/mol. The third-order valence-corrected chi connectivity index (χ3v) is 6.11. The molecule has 0 radical (unpaired) electrons. The van der Waals surface area contributed by atoms with Gasteiger partial charge in [-0.2, -0.15) is 0 Å². The van der Waals surface area contributed by atoms with Gasteiger partial charge in [-0.05, 0) is 69.3 Å². The molecule has 1 saturated carbocycles. The topological polar surface area (TPSA) is 43.4 Å². The molecule has 1 fully saturated rings. The summed E-state index contributed by atoms with van der Waals surface area (Å²) in [6.45, 7) is 10.8. The van der Waals surface area contributed by atoms with Crippen molar-refractivity contribution in [1.82, 2.24) is 0 Å². The minimum Gasteiger partial charge on any atom is -0.469 e. The Morgan fingerprint density at radius 1 is 1.44 bits per heavy atom. The lowest BCUT2D eigenvalue weighted by molar-refractivity contribution is -0.150. The van der Waals surface area contributed by atoms with E-state index in [-0.39, 0.29) is 23.7 Å². The summed E-state index contributed by atoms with van der Waals surface area (Å²) in [5.41, 5.74) is 3.26. The van der Waals surface area contributed by atoms with Crippen LogP contribution < -0.4 is 0 Å². The second kappa shape index (κ2) is 8.64. The molecule has 0 unspecified atom stereocenters. The number of hydrogen-bond donors (Lipinski definition) is 0. The van der Waals surface area contributed by atoms with E-state index in [1.807, 2.05) is 6.08 Å². The van der Waals surface area contributed by atoms with Crippen molar-refractivity contribution in [2.45, 2.75) is 52.9 Å². The highest BCUT2D eigenvalue weighted by atomic mass is 16.5.